The zero-order chi connectivity index (χ0) is 12.4. The Bertz CT molecular complexity index is 425. The van der Waals surface area contributed by atoms with E-state index in [1.165, 1.54) is 6.07 Å². The van der Waals surface area contributed by atoms with Crippen molar-refractivity contribution < 1.29 is 18.7 Å². The number of alkyl halides is 2. The molecule has 17 heavy (non-hydrogen) atoms. The normalized spacial score (nSPS) is 17.7. The van der Waals surface area contributed by atoms with Crippen molar-refractivity contribution in [2.75, 3.05) is 0 Å². The van der Waals surface area contributed by atoms with Crippen LogP contribution in [0.15, 0.2) is 12.1 Å². The standard InChI is InChI=1S/C12H13F2NO2/c13-12(14)8-5-10(15-11(17)6-8)7-1-3-9(16)4-2-7/h5-7,12H,1-4H2,(H,15,17). The molecule has 1 saturated carbocycles. The van der Waals surface area contributed by atoms with Crippen LogP contribution in [0.4, 0.5) is 8.78 Å². The molecular weight excluding hydrogens is 228 g/mol. The number of rotatable bonds is 2. The summed E-state index contributed by atoms with van der Waals surface area (Å²) in [5, 5.41) is 9.31. The van der Waals surface area contributed by atoms with Gasteiger partial charge in [0, 0.05) is 36.1 Å². The molecule has 0 bridgehead atoms. The summed E-state index contributed by atoms with van der Waals surface area (Å²) in [5.74, 6) is -0.178. The molecule has 0 unspecified atom stereocenters. The van der Waals surface area contributed by atoms with E-state index in [0.29, 0.717) is 31.4 Å². The maximum Gasteiger partial charge on any atom is 0.264 e. The van der Waals surface area contributed by atoms with Crippen molar-refractivity contribution in [2.24, 2.45) is 0 Å². The lowest BCUT2D eigenvalue weighted by Crippen LogP contribution is -2.13. The molecule has 0 amide bonds. The molecule has 0 aliphatic heterocycles. The Kier molecular flexibility index (Phi) is 3.36. The molecule has 0 radical (unpaired) electrons. The van der Waals surface area contributed by atoms with Gasteiger partial charge in [0.2, 0.25) is 5.88 Å². The molecule has 5 heteroatoms. The molecule has 1 heterocycles. The first kappa shape index (κ1) is 12.0. The first-order chi connectivity index (χ1) is 8.06. The highest BCUT2D eigenvalue weighted by Crippen LogP contribution is 2.33. The molecule has 0 atom stereocenters. The number of carbonyl (C=O) groups excluding carboxylic acids is 1. The summed E-state index contributed by atoms with van der Waals surface area (Å²) in [5.41, 5.74) is 0.247. The van der Waals surface area contributed by atoms with Gasteiger partial charge in [0.15, 0.2) is 0 Å². The number of nitrogens with zero attached hydrogens (tertiary/aromatic N) is 1. The highest BCUT2D eigenvalue weighted by Gasteiger charge is 2.23. The molecule has 2 rings (SSSR count). The summed E-state index contributed by atoms with van der Waals surface area (Å²) in [6, 6.07) is 2.30. The van der Waals surface area contributed by atoms with E-state index < -0.39 is 6.43 Å². The van der Waals surface area contributed by atoms with Gasteiger partial charge in [-0.15, -0.1) is 0 Å². The molecule has 92 valence electrons. The number of hydrogen-bond donors (Lipinski definition) is 1. The van der Waals surface area contributed by atoms with E-state index in [-0.39, 0.29) is 23.1 Å². The first-order valence-corrected chi connectivity index (χ1v) is 5.57. The SMILES string of the molecule is O=C1CCC(c2cc(C(F)F)cc(O)n2)CC1. The topological polar surface area (TPSA) is 50.2 Å². The third kappa shape index (κ3) is 2.78. The molecule has 1 aliphatic rings. The van der Waals surface area contributed by atoms with Crippen LogP contribution in [-0.4, -0.2) is 15.9 Å². The second kappa shape index (κ2) is 4.77. The van der Waals surface area contributed by atoms with E-state index in [0.717, 1.165) is 6.07 Å². The van der Waals surface area contributed by atoms with E-state index in [4.69, 9.17) is 0 Å². The minimum Gasteiger partial charge on any atom is -0.493 e. The van der Waals surface area contributed by atoms with Crippen LogP contribution in [0.5, 0.6) is 5.88 Å². The van der Waals surface area contributed by atoms with Crippen molar-refractivity contribution in [3.05, 3.63) is 23.4 Å². The predicted octanol–water partition coefficient (Wildman–Crippen LogP) is 2.95. The maximum atomic E-state index is 12.6. The van der Waals surface area contributed by atoms with Gasteiger partial charge in [-0.1, -0.05) is 0 Å². The fourth-order valence-corrected chi connectivity index (χ4v) is 2.13. The van der Waals surface area contributed by atoms with Crippen molar-refractivity contribution in [3.8, 4) is 5.88 Å². The molecular formula is C12H13F2NO2. The van der Waals surface area contributed by atoms with Crippen molar-refractivity contribution in [1.82, 2.24) is 4.98 Å². The second-order valence-electron chi connectivity index (χ2n) is 4.30. The highest BCUT2D eigenvalue weighted by atomic mass is 19.3. The summed E-state index contributed by atoms with van der Waals surface area (Å²) in [6.45, 7) is 0. The van der Waals surface area contributed by atoms with Crippen molar-refractivity contribution in [2.45, 2.75) is 38.0 Å². The largest absolute Gasteiger partial charge is 0.493 e. The van der Waals surface area contributed by atoms with Gasteiger partial charge in [-0.3, -0.25) is 4.79 Å². The minimum atomic E-state index is -2.62. The van der Waals surface area contributed by atoms with Crippen LogP contribution in [0, 0.1) is 0 Å². The van der Waals surface area contributed by atoms with Crippen LogP contribution in [0.25, 0.3) is 0 Å². The van der Waals surface area contributed by atoms with Crippen LogP contribution < -0.4 is 0 Å². The fraction of sp³-hybridized carbons (Fsp3) is 0.500. The number of aromatic hydroxyl groups is 1. The van der Waals surface area contributed by atoms with Crippen LogP contribution in [0.3, 0.4) is 0 Å². The molecule has 1 fully saturated rings. The smallest absolute Gasteiger partial charge is 0.264 e. The molecule has 1 aromatic rings. The average molecular weight is 241 g/mol. The molecule has 1 N–H and O–H groups in total. The van der Waals surface area contributed by atoms with Gasteiger partial charge in [0.05, 0.1) is 0 Å². The second-order valence-corrected chi connectivity index (χ2v) is 4.30. The van der Waals surface area contributed by atoms with Gasteiger partial charge in [-0.2, -0.15) is 0 Å². The van der Waals surface area contributed by atoms with Gasteiger partial charge in [0.25, 0.3) is 6.43 Å². The molecule has 0 aromatic carbocycles. The van der Waals surface area contributed by atoms with Crippen LogP contribution in [0.1, 0.15) is 49.3 Å². The van der Waals surface area contributed by atoms with Crippen LogP contribution >= 0.6 is 0 Å². The summed E-state index contributed by atoms with van der Waals surface area (Å²) < 4.78 is 25.1. The number of Topliss-reactive ketones (excluding diaryl/α,β-unsaturated/α-hetero) is 1. The number of carbonyl (C=O) groups is 1. The van der Waals surface area contributed by atoms with E-state index >= 15 is 0 Å². The monoisotopic (exact) mass is 241 g/mol. The molecule has 0 saturated heterocycles. The first-order valence-electron chi connectivity index (χ1n) is 5.57. The molecule has 0 spiro atoms. The number of hydrogen-bond acceptors (Lipinski definition) is 3. The Morgan fingerprint density at radius 3 is 2.53 bits per heavy atom. The van der Waals surface area contributed by atoms with Crippen LogP contribution in [-0.2, 0) is 4.79 Å². The van der Waals surface area contributed by atoms with E-state index in [1.54, 1.807) is 0 Å². The predicted molar refractivity (Wildman–Crippen MR) is 57.1 cm³/mol. The Morgan fingerprint density at radius 2 is 1.94 bits per heavy atom. The van der Waals surface area contributed by atoms with E-state index in [9.17, 15) is 18.7 Å². The minimum absolute atomic E-state index is 0.00250. The number of aromatic nitrogens is 1. The lowest BCUT2D eigenvalue weighted by molar-refractivity contribution is -0.120. The fourth-order valence-electron chi connectivity index (χ4n) is 2.13. The summed E-state index contributed by atoms with van der Waals surface area (Å²) in [7, 11) is 0. The van der Waals surface area contributed by atoms with Crippen molar-refractivity contribution in [1.29, 1.82) is 0 Å². The number of halogens is 2. The van der Waals surface area contributed by atoms with Crippen molar-refractivity contribution in [3.63, 3.8) is 0 Å². The van der Waals surface area contributed by atoms with Crippen molar-refractivity contribution >= 4 is 5.78 Å². The quantitative estimate of drug-likeness (QED) is 0.866. The van der Waals surface area contributed by atoms with E-state index in [1.807, 2.05) is 0 Å². The third-order valence-electron chi connectivity index (χ3n) is 3.07. The number of pyridine rings is 1. The Balaban J connectivity index is 2.23. The van der Waals surface area contributed by atoms with Gasteiger partial charge >= 0.3 is 0 Å². The molecule has 1 aliphatic carbocycles. The summed E-state index contributed by atoms with van der Waals surface area (Å²) in [4.78, 5) is 15.0. The zero-order valence-corrected chi connectivity index (χ0v) is 9.20. The average Bonchev–Trinajstić information content (AvgIpc) is 2.29. The molecule has 3 nitrogen and oxygen atoms in total. The Labute approximate surface area is 97.5 Å². The van der Waals surface area contributed by atoms with Gasteiger partial charge < -0.3 is 5.11 Å². The van der Waals surface area contributed by atoms with Gasteiger partial charge in [-0.05, 0) is 18.9 Å². The van der Waals surface area contributed by atoms with E-state index in [2.05, 4.69) is 4.98 Å². The lowest BCUT2D eigenvalue weighted by Gasteiger charge is -2.20. The van der Waals surface area contributed by atoms with Crippen LogP contribution in [0.2, 0.25) is 0 Å². The Morgan fingerprint density at radius 1 is 1.29 bits per heavy atom. The maximum absolute atomic E-state index is 12.6. The third-order valence-corrected chi connectivity index (χ3v) is 3.07. The highest BCUT2D eigenvalue weighted by molar-refractivity contribution is 5.79. The summed E-state index contributed by atoms with van der Waals surface area (Å²) >= 11 is 0. The van der Waals surface area contributed by atoms with Gasteiger partial charge in [-0.25, -0.2) is 13.8 Å². The summed E-state index contributed by atoms with van der Waals surface area (Å²) in [6.07, 6.45) is -0.443. The molecule has 1 aromatic heterocycles. The van der Waals surface area contributed by atoms with Gasteiger partial charge in [0.1, 0.15) is 5.78 Å². The number of ketones is 1. The lowest BCUT2D eigenvalue weighted by atomic mass is 9.85. The zero-order valence-electron chi connectivity index (χ0n) is 9.20. The Hall–Kier alpha value is -1.52.